The van der Waals surface area contributed by atoms with E-state index in [4.69, 9.17) is 40.0 Å². The second kappa shape index (κ2) is 18.3. The minimum absolute atomic E-state index is 0.0785. The van der Waals surface area contributed by atoms with Gasteiger partial charge >= 0.3 is 5.97 Å². The summed E-state index contributed by atoms with van der Waals surface area (Å²) >= 11 is 5.95. The number of hydrogen-bond donors (Lipinski definition) is 8. The molecule has 16 nitrogen and oxygen atoms in total. The van der Waals surface area contributed by atoms with Gasteiger partial charge in [-0.05, 0) is 49.9 Å². The first kappa shape index (κ1) is 40.2. The minimum Gasteiger partial charge on any atom is -0.479 e. The number of halogens is 1. The Bertz CT molecular complexity index is 1270. The van der Waals surface area contributed by atoms with Crippen LogP contribution in [0.25, 0.3) is 0 Å². The highest BCUT2D eigenvalue weighted by Gasteiger charge is 2.51. The molecule has 4 aliphatic rings. The lowest BCUT2D eigenvalue weighted by atomic mass is 9.85. The Morgan fingerprint density at radius 1 is 0.863 bits per heavy atom. The monoisotopic (exact) mass is 747 g/mol. The summed E-state index contributed by atoms with van der Waals surface area (Å²) < 4.78 is 35.7. The summed E-state index contributed by atoms with van der Waals surface area (Å²) in [7, 11) is 0. The summed E-state index contributed by atoms with van der Waals surface area (Å²) in [6, 6.07) is 6.19. The van der Waals surface area contributed by atoms with E-state index >= 15 is 0 Å². The van der Waals surface area contributed by atoms with Gasteiger partial charge < -0.3 is 69.5 Å². The van der Waals surface area contributed by atoms with E-state index in [0.717, 1.165) is 32.1 Å². The molecule has 1 saturated carbocycles. The van der Waals surface area contributed by atoms with Crippen LogP contribution in [0.1, 0.15) is 62.2 Å². The summed E-state index contributed by atoms with van der Waals surface area (Å²) in [6.07, 6.45) is -14.3. The number of benzene rings is 1. The second-order valence-corrected chi connectivity index (χ2v) is 14.2. The Balaban J connectivity index is 1.34. The Hall–Kier alpha value is -2.03. The Kier molecular flexibility index (Phi) is 14.4. The van der Waals surface area contributed by atoms with Crippen LogP contribution >= 0.6 is 11.6 Å². The number of aliphatic hydroxyl groups excluding tert-OH is 6. The maximum absolute atomic E-state index is 12.9. The Labute approximate surface area is 300 Å². The van der Waals surface area contributed by atoms with Gasteiger partial charge in [0.25, 0.3) is 5.91 Å². The van der Waals surface area contributed by atoms with Gasteiger partial charge in [-0.25, -0.2) is 4.79 Å². The third-order valence-electron chi connectivity index (χ3n) is 10.1. The Morgan fingerprint density at radius 3 is 2.22 bits per heavy atom. The first-order valence-electron chi connectivity index (χ1n) is 17.5. The number of ether oxygens (including phenoxy) is 6. The number of carboxylic acid groups (broad SMARTS) is 1. The van der Waals surface area contributed by atoms with Gasteiger partial charge in [0.05, 0.1) is 18.8 Å². The lowest BCUT2D eigenvalue weighted by molar-refractivity contribution is -0.355. The van der Waals surface area contributed by atoms with Gasteiger partial charge in [0, 0.05) is 23.7 Å². The molecule has 0 bridgehead atoms. The van der Waals surface area contributed by atoms with E-state index in [0.29, 0.717) is 10.6 Å². The topological polar surface area (TPSA) is 243 Å². The fraction of sp³-hybridized carbons (Fsp3) is 0.765. The smallest absolute Gasteiger partial charge is 0.332 e. The van der Waals surface area contributed by atoms with Gasteiger partial charge in [0.1, 0.15) is 54.9 Å². The van der Waals surface area contributed by atoms with Crippen molar-refractivity contribution in [2.75, 3.05) is 19.8 Å². The molecular weight excluding hydrogens is 698 g/mol. The van der Waals surface area contributed by atoms with Crippen LogP contribution in [0.2, 0.25) is 5.02 Å². The van der Waals surface area contributed by atoms with Gasteiger partial charge in [-0.15, -0.1) is 0 Å². The van der Waals surface area contributed by atoms with E-state index in [9.17, 15) is 45.3 Å². The van der Waals surface area contributed by atoms with Crippen LogP contribution in [0, 0.1) is 5.92 Å². The van der Waals surface area contributed by atoms with E-state index in [1.165, 1.54) is 19.1 Å². The second-order valence-electron chi connectivity index (χ2n) is 13.7. The third-order valence-corrected chi connectivity index (χ3v) is 10.4. The quantitative estimate of drug-likeness (QED) is 0.129. The van der Waals surface area contributed by atoms with Crippen molar-refractivity contribution in [1.82, 2.24) is 5.32 Å². The first-order chi connectivity index (χ1) is 24.4. The number of aliphatic carboxylic acids is 1. The summed E-state index contributed by atoms with van der Waals surface area (Å²) in [5.74, 6) is -1.60. The molecule has 3 aliphatic heterocycles. The van der Waals surface area contributed by atoms with Crippen LogP contribution in [-0.2, 0) is 33.2 Å². The number of nitrogens with one attached hydrogen (secondary N) is 1. The van der Waals surface area contributed by atoms with Crippen molar-refractivity contribution in [1.29, 1.82) is 0 Å². The summed E-state index contributed by atoms with van der Waals surface area (Å²) in [5.41, 5.74) is 0.318. The van der Waals surface area contributed by atoms with Gasteiger partial charge in [0.15, 0.2) is 18.7 Å². The minimum atomic E-state index is -1.73. The van der Waals surface area contributed by atoms with Crippen LogP contribution in [0.3, 0.4) is 0 Å². The number of aliphatic hydroxyl groups is 6. The fourth-order valence-corrected chi connectivity index (χ4v) is 7.26. The molecule has 288 valence electrons. The molecule has 4 fully saturated rings. The van der Waals surface area contributed by atoms with Crippen LogP contribution in [0.5, 0.6) is 0 Å². The van der Waals surface area contributed by atoms with E-state index in [2.05, 4.69) is 5.32 Å². The number of carboxylic acids is 1. The average Bonchev–Trinajstić information content (AvgIpc) is 3.12. The van der Waals surface area contributed by atoms with Gasteiger partial charge in [-0.2, -0.15) is 0 Å². The van der Waals surface area contributed by atoms with Gasteiger partial charge in [0.2, 0.25) is 0 Å². The zero-order valence-corrected chi connectivity index (χ0v) is 29.1. The SMILES string of the molecule is C[C@@H]1OC(OC2[C@@H](CNC(=O)c3ccc(Cl)cc3)OCC[C@H]2O[C@@H]2O[C@H](CO)[C@H](O)[C@H](OC(CC3CCCCC3)C(=O)O)[C@H]2O)[C@@H](O)[C@H](O)[C@@H]1O. The lowest BCUT2D eigenvalue weighted by Crippen LogP contribution is -2.64. The molecule has 1 aromatic rings. The molecule has 1 aliphatic carbocycles. The van der Waals surface area contributed by atoms with Crippen LogP contribution in [0.15, 0.2) is 24.3 Å². The zero-order valence-electron chi connectivity index (χ0n) is 28.3. The highest BCUT2D eigenvalue weighted by Crippen LogP contribution is 2.34. The molecule has 8 N–H and O–H groups in total. The molecule has 3 heterocycles. The lowest BCUT2D eigenvalue weighted by Gasteiger charge is -2.47. The largest absolute Gasteiger partial charge is 0.479 e. The molecule has 0 radical (unpaired) electrons. The van der Waals surface area contributed by atoms with Crippen LogP contribution in [0.4, 0.5) is 0 Å². The van der Waals surface area contributed by atoms with Crippen LogP contribution < -0.4 is 5.32 Å². The number of carbonyl (C=O) groups excluding carboxylic acids is 1. The van der Waals surface area contributed by atoms with Gasteiger partial charge in [-0.3, -0.25) is 4.79 Å². The highest BCUT2D eigenvalue weighted by molar-refractivity contribution is 6.30. The average molecular weight is 748 g/mol. The third kappa shape index (κ3) is 9.94. The number of amides is 1. The normalized spacial score (nSPS) is 38.5. The maximum Gasteiger partial charge on any atom is 0.332 e. The van der Waals surface area contributed by atoms with E-state index in [1.807, 2.05) is 0 Å². The summed E-state index contributed by atoms with van der Waals surface area (Å²) in [5, 5.41) is 77.1. The molecule has 14 atom stereocenters. The first-order valence-corrected chi connectivity index (χ1v) is 17.9. The van der Waals surface area contributed by atoms with E-state index < -0.39 is 104 Å². The maximum atomic E-state index is 12.9. The van der Waals surface area contributed by atoms with Crippen molar-refractivity contribution in [3.05, 3.63) is 34.9 Å². The van der Waals surface area contributed by atoms with Crippen molar-refractivity contribution in [2.24, 2.45) is 5.92 Å². The molecule has 3 unspecified atom stereocenters. The standard InChI is InChI=1S/C34H50ClNO15/c1-16-24(38)26(40)27(41)33(47-16)51-29-20(11-12-46-22(29)14-36-31(43)18-7-9-19(35)10-8-18)49-34-28(42)30(25(39)23(15-37)50-34)48-21(32(44)45)13-17-5-3-2-4-6-17/h7-10,16-17,20-30,33-34,37-42H,2-6,11-15H2,1H3,(H,36,43)(H,44,45)/t16-,20+,21?,22+,23+,24+,25-,26+,27-,28+,29?,30-,33?,34+/m0/s1. The molecule has 1 amide bonds. The predicted molar refractivity (Wildman–Crippen MR) is 175 cm³/mol. The molecule has 0 spiro atoms. The van der Waals surface area contributed by atoms with Crippen molar-refractivity contribution in [2.45, 2.75) is 138 Å². The van der Waals surface area contributed by atoms with Crippen molar-refractivity contribution >= 4 is 23.5 Å². The zero-order chi connectivity index (χ0) is 36.8. The molecule has 0 aromatic heterocycles. The Morgan fingerprint density at radius 2 is 1.55 bits per heavy atom. The summed E-state index contributed by atoms with van der Waals surface area (Å²) in [6.45, 7) is 0.724. The van der Waals surface area contributed by atoms with E-state index in [1.54, 1.807) is 12.1 Å². The predicted octanol–water partition coefficient (Wildman–Crippen LogP) is -0.296. The summed E-state index contributed by atoms with van der Waals surface area (Å²) in [4.78, 5) is 25.2. The molecule has 17 heteroatoms. The number of carbonyl (C=O) groups is 2. The molecule has 51 heavy (non-hydrogen) atoms. The molecule has 3 saturated heterocycles. The van der Waals surface area contributed by atoms with Crippen LogP contribution in [-0.4, -0.2) is 153 Å². The van der Waals surface area contributed by atoms with Crippen molar-refractivity contribution in [3.63, 3.8) is 0 Å². The molecule has 5 rings (SSSR count). The highest BCUT2D eigenvalue weighted by atomic mass is 35.5. The van der Waals surface area contributed by atoms with Gasteiger partial charge in [-0.1, -0.05) is 43.7 Å². The number of hydrogen-bond acceptors (Lipinski definition) is 14. The number of rotatable bonds is 13. The molecular formula is C34H50ClNO15. The van der Waals surface area contributed by atoms with Crippen molar-refractivity contribution in [3.8, 4) is 0 Å². The fourth-order valence-electron chi connectivity index (χ4n) is 7.14. The molecule has 1 aromatic carbocycles. The van der Waals surface area contributed by atoms with Crippen molar-refractivity contribution < 1.29 is 73.8 Å². The van der Waals surface area contributed by atoms with E-state index in [-0.39, 0.29) is 31.9 Å².